The molecule has 0 heterocycles. The van der Waals surface area contributed by atoms with E-state index in [2.05, 4.69) is 15.9 Å². The molecule has 7 heteroatoms. The van der Waals surface area contributed by atoms with Crippen LogP contribution in [-0.2, 0) is 14.8 Å². The topological polar surface area (TPSA) is 86.5 Å². The Morgan fingerprint density at radius 1 is 1.41 bits per heavy atom. The van der Waals surface area contributed by atoms with Crippen LogP contribution in [0.25, 0.3) is 0 Å². The molecule has 0 bridgehead atoms. The fraction of sp³-hybridized carbons (Fsp3) is 0.300. The van der Waals surface area contributed by atoms with E-state index < -0.39 is 16.0 Å². The van der Waals surface area contributed by atoms with Crippen LogP contribution in [-0.4, -0.2) is 20.5 Å². The number of ether oxygens (including phenoxy) is 1. The standard InChI is InChI=1S/C10H12BrNO4S/c1-6(2)16-10(13)8-5-7(17(12,14)15)3-4-9(8)11/h3-6H,1-2H3,(H2,12,14,15). The van der Waals surface area contributed by atoms with Crippen LogP contribution in [0, 0.1) is 0 Å². The Hall–Kier alpha value is -0.920. The largest absolute Gasteiger partial charge is 0.459 e. The predicted molar refractivity (Wildman–Crippen MR) is 66.1 cm³/mol. The van der Waals surface area contributed by atoms with Gasteiger partial charge in [-0.2, -0.15) is 0 Å². The normalized spacial score (nSPS) is 11.6. The first-order chi connectivity index (χ1) is 7.71. The number of benzene rings is 1. The molecule has 1 rings (SSSR count). The summed E-state index contributed by atoms with van der Waals surface area (Å²) in [7, 11) is -3.83. The molecule has 0 saturated carbocycles. The molecule has 5 nitrogen and oxygen atoms in total. The van der Waals surface area contributed by atoms with Gasteiger partial charge in [0.05, 0.1) is 16.6 Å². The number of carbonyl (C=O) groups is 1. The summed E-state index contributed by atoms with van der Waals surface area (Å²) in [5.41, 5.74) is 0.130. The van der Waals surface area contributed by atoms with E-state index in [-0.39, 0.29) is 16.6 Å². The Kier molecular flexibility index (Phi) is 4.29. The van der Waals surface area contributed by atoms with Crippen LogP contribution in [0.3, 0.4) is 0 Å². The first-order valence-corrected chi connectivity index (χ1v) is 7.09. The van der Waals surface area contributed by atoms with Crippen LogP contribution in [0.4, 0.5) is 0 Å². The Balaban J connectivity index is 3.20. The van der Waals surface area contributed by atoms with Gasteiger partial charge in [-0.15, -0.1) is 0 Å². The van der Waals surface area contributed by atoms with Crippen LogP contribution in [0.2, 0.25) is 0 Å². The number of rotatable bonds is 3. The minimum absolute atomic E-state index is 0.128. The third-order valence-electron chi connectivity index (χ3n) is 1.83. The van der Waals surface area contributed by atoms with Crippen LogP contribution >= 0.6 is 15.9 Å². The second kappa shape index (κ2) is 5.16. The van der Waals surface area contributed by atoms with Crippen molar-refractivity contribution in [1.29, 1.82) is 0 Å². The molecule has 0 radical (unpaired) electrons. The van der Waals surface area contributed by atoms with Crippen molar-refractivity contribution >= 4 is 31.9 Å². The number of carbonyl (C=O) groups excluding carboxylic acids is 1. The number of hydrogen-bond donors (Lipinski definition) is 1. The number of hydrogen-bond acceptors (Lipinski definition) is 4. The summed E-state index contributed by atoms with van der Waals surface area (Å²) < 4.78 is 27.7. The van der Waals surface area contributed by atoms with E-state index in [9.17, 15) is 13.2 Å². The van der Waals surface area contributed by atoms with E-state index in [1.807, 2.05) is 0 Å². The molecule has 0 saturated heterocycles. The Bertz CT molecular complexity index is 539. The van der Waals surface area contributed by atoms with Gasteiger partial charge in [-0.25, -0.2) is 18.4 Å². The number of esters is 1. The van der Waals surface area contributed by atoms with Crippen molar-refractivity contribution in [3.8, 4) is 0 Å². The summed E-state index contributed by atoms with van der Waals surface area (Å²) >= 11 is 3.15. The molecule has 0 aliphatic heterocycles. The summed E-state index contributed by atoms with van der Waals surface area (Å²) in [4.78, 5) is 11.5. The number of sulfonamides is 1. The zero-order chi connectivity index (χ0) is 13.2. The molecule has 2 N–H and O–H groups in total. The lowest BCUT2D eigenvalue weighted by molar-refractivity contribution is 0.0376. The third-order valence-corrected chi connectivity index (χ3v) is 3.43. The van der Waals surface area contributed by atoms with Gasteiger partial charge in [-0.3, -0.25) is 0 Å². The lowest BCUT2D eigenvalue weighted by atomic mass is 10.2. The van der Waals surface area contributed by atoms with Crippen LogP contribution < -0.4 is 5.14 Å². The molecule has 0 amide bonds. The highest BCUT2D eigenvalue weighted by Crippen LogP contribution is 2.21. The van der Waals surface area contributed by atoms with E-state index in [0.29, 0.717) is 4.47 Å². The molecule has 0 aromatic heterocycles. The molecule has 17 heavy (non-hydrogen) atoms. The third kappa shape index (κ3) is 3.79. The van der Waals surface area contributed by atoms with Gasteiger partial charge in [0, 0.05) is 4.47 Å². The van der Waals surface area contributed by atoms with Gasteiger partial charge < -0.3 is 4.74 Å². The predicted octanol–water partition coefficient (Wildman–Crippen LogP) is 1.66. The van der Waals surface area contributed by atoms with Crippen LogP contribution in [0.1, 0.15) is 24.2 Å². The lowest BCUT2D eigenvalue weighted by Crippen LogP contribution is -2.15. The van der Waals surface area contributed by atoms with E-state index in [4.69, 9.17) is 9.88 Å². The van der Waals surface area contributed by atoms with Crippen molar-refractivity contribution in [3.63, 3.8) is 0 Å². The molecule has 0 aliphatic carbocycles. The van der Waals surface area contributed by atoms with Gasteiger partial charge in [-0.05, 0) is 48.0 Å². The first kappa shape index (κ1) is 14.1. The SMILES string of the molecule is CC(C)OC(=O)c1cc(S(N)(=O)=O)ccc1Br. The Morgan fingerprint density at radius 2 is 2.00 bits per heavy atom. The first-order valence-electron chi connectivity index (χ1n) is 4.75. The monoisotopic (exact) mass is 321 g/mol. The summed E-state index contributed by atoms with van der Waals surface area (Å²) in [6.07, 6.45) is -0.285. The molecule has 0 fully saturated rings. The maximum Gasteiger partial charge on any atom is 0.339 e. The van der Waals surface area contributed by atoms with E-state index in [0.717, 1.165) is 0 Å². The fourth-order valence-corrected chi connectivity index (χ4v) is 2.06. The number of primary sulfonamides is 1. The summed E-state index contributed by atoms with van der Waals surface area (Å²) in [6, 6.07) is 3.94. The number of nitrogens with two attached hydrogens (primary N) is 1. The maximum absolute atomic E-state index is 11.7. The summed E-state index contributed by atoms with van der Waals surface area (Å²) in [5.74, 6) is -0.600. The lowest BCUT2D eigenvalue weighted by Gasteiger charge is -2.10. The van der Waals surface area contributed by atoms with E-state index in [1.54, 1.807) is 13.8 Å². The minimum atomic E-state index is -3.83. The molecule has 0 aliphatic rings. The zero-order valence-electron chi connectivity index (χ0n) is 9.31. The Morgan fingerprint density at radius 3 is 2.47 bits per heavy atom. The van der Waals surface area contributed by atoms with Gasteiger partial charge in [-0.1, -0.05) is 0 Å². The second-order valence-corrected chi connectivity index (χ2v) is 6.06. The average Bonchev–Trinajstić information content (AvgIpc) is 2.15. The van der Waals surface area contributed by atoms with Crippen LogP contribution in [0.5, 0.6) is 0 Å². The molecular formula is C10H12BrNO4S. The van der Waals surface area contributed by atoms with Gasteiger partial charge >= 0.3 is 5.97 Å². The van der Waals surface area contributed by atoms with Gasteiger partial charge in [0.2, 0.25) is 10.0 Å². The van der Waals surface area contributed by atoms with Crippen molar-refractivity contribution in [2.45, 2.75) is 24.8 Å². The van der Waals surface area contributed by atoms with Gasteiger partial charge in [0.25, 0.3) is 0 Å². The molecular weight excluding hydrogens is 310 g/mol. The van der Waals surface area contributed by atoms with E-state index >= 15 is 0 Å². The molecule has 0 spiro atoms. The molecule has 94 valence electrons. The molecule has 1 aromatic carbocycles. The summed E-state index contributed by atoms with van der Waals surface area (Å²) in [5, 5.41) is 4.98. The van der Waals surface area contributed by atoms with Crippen molar-refractivity contribution in [1.82, 2.24) is 0 Å². The Labute approximate surface area is 108 Å². The van der Waals surface area contributed by atoms with Crippen molar-refractivity contribution in [3.05, 3.63) is 28.2 Å². The van der Waals surface area contributed by atoms with Crippen LogP contribution in [0.15, 0.2) is 27.6 Å². The van der Waals surface area contributed by atoms with Crippen molar-refractivity contribution in [2.24, 2.45) is 5.14 Å². The molecule has 0 atom stereocenters. The fourth-order valence-electron chi connectivity index (χ4n) is 1.12. The highest BCUT2D eigenvalue weighted by Gasteiger charge is 2.17. The highest BCUT2D eigenvalue weighted by atomic mass is 79.9. The van der Waals surface area contributed by atoms with Gasteiger partial charge in [0.15, 0.2) is 0 Å². The minimum Gasteiger partial charge on any atom is -0.459 e. The highest BCUT2D eigenvalue weighted by molar-refractivity contribution is 9.10. The smallest absolute Gasteiger partial charge is 0.339 e. The van der Waals surface area contributed by atoms with Crippen molar-refractivity contribution in [2.75, 3.05) is 0 Å². The zero-order valence-corrected chi connectivity index (χ0v) is 11.7. The average molecular weight is 322 g/mol. The number of halogens is 1. The quantitative estimate of drug-likeness (QED) is 0.858. The maximum atomic E-state index is 11.7. The summed E-state index contributed by atoms with van der Waals surface area (Å²) in [6.45, 7) is 3.41. The van der Waals surface area contributed by atoms with Crippen molar-refractivity contribution < 1.29 is 17.9 Å². The van der Waals surface area contributed by atoms with Gasteiger partial charge in [0.1, 0.15) is 0 Å². The van der Waals surface area contributed by atoms with E-state index in [1.165, 1.54) is 18.2 Å². The molecule has 1 aromatic rings. The second-order valence-electron chi connectivity index (χ2n) is 3.64. The molecule has 0 unspecified atom stereocenters.